The van der Waals surface area contributed by atoms with Crippen LogP contribution in [0.25, 0.3) is 0 Å². The van der Waals surface area contributed by atoms with Gasteiger partial charge in [0.25, 0.3) is 5.69 Å². The van der Waals surface area contributed by atoms with Gasteiger partial charge in [0.05, 0.1) is 18.1 Å². The topological polar surface area (TPSA) is 61.6 Å². The first-order valence-electron chi connectivity index (χ1n) is 4.56. The lowest BCUT2D eigenvalue weighted by Gasteiger charge is -2.40. The number of hydrogen-bond donors (Lipinski definition) is 0. The van der Waals surface area contributed by atoms with Crippen LogP contribution in [0.4, 0.5) is 5.69 Å². The van der Waals surface area contributed by atoms with Crippen LogP contribution in [0, 0.1) is 10.1 Å². The number of nitro groups is 1. The lowest BCUT2D eigenvalue weighted by atomic mass is 9.92. The Labute approximate surface area is 86.8 Å². The van der Waals surface area contributed by atoms with Crippen LogP contribution in [-0.4, -0.2) is 25.2 Å². The van der Waals surface area contributed by atoms with Crippen LogP contribution < -0.4 is 0 Å². The van der Waals surface area contributed by atoms with Gasteiger partial charge in [-0.2, -0.15) is 0 Å². The third-order valence-electron chi connectivity index (χ3n) is 2.67. The highest BCUT2D eigenvalue weighted by Gasteiger charge is 2.40. The summed E-state index contributed by atoms with van der Waals surface area (Å²) in [4.78, 5) is 10.0. The fourth-order valence-electron chi connectivity index (χ4n) is 1.58. The first kappa shape index (κ1) is 10.1. The van der Waals surface area contributed by atoms with Crippen LogP contribution >= 0.6 is 0 Å². The molecule has 0 spiro atoms. The molecule has 1 heterocycles. The monoisotopic (exact) mass is 209 g/mol. The summed E-state index contributed by atoms with van der Waals surface area (Å²) in [5.41, 5.74) is 0.599. The Morgan fingerprint density at radius 1 is 1.40 bits per heavy atom. The van der Waals surface area contributed by atoms with E-state index in [-0.39, 0.29) is 5.69 Å². The Balaban J connectivity index is 2.26. The highest BCUT2D eigenvalue weighted by Crippen LogP contribution is 2.33. The van der Waals surface area contributed by atoms with Gasteiger partial charge >= 0.3 is 0 Å². The average Bonchev–Trinajstić information content (AvgIpc) is 2.18. The van der Waals surface area contributed by atoms with E-state index in [1.165, 1.54) is 12.1 Å². The van der Waals surface area contributed by atoms with Crippen LogP contribution in [-0.2, 0) is 15.1 Å². The van der Waals surface area contributed by atoms with Crippen LogP contribution in [0.5, 0.6) is 0 Å². The maximum atomic E-state index is 10.5. The van der Waals surface area contributed by atoms with E-state index in [1.807, 2.05) is 0 Å². The minimum absolute atomic E-state index is 0.0882. The van der Waals surface area contributed by atoms with Crippen LogP contribution in [0.2, 0.25) is 0 Å². The van der Waals surface area contributed by atoms with Crippen molar-refractivity contribution < 1.29 is 14.4 Å². The fraction of sp³-hybridized carbons (Fsp3) is 0.400. The van der Waals surface area contributed by atoms with Crippen molar-refractivity contribution in [3.05, 3.63) is 39.9 Å². The van der Waals surface area contributed by atoms with Crippen molar-refractivity contribution in [2.24, 2.45) is 0 Å². The van der Waals surface area contributed by atoms with Gasteiger partial charge in [-0.15, -0.1) is 0 Å². The zero-order chi connectivity index (χ0) is 10.9. The van der Waals surface area contributed by atoms with E-state index >= 15 is 0 Å². The Kier molecular flexibility index (Phi) is 2.42. The summed E-state index contributed by atoms with van der Waals surface area (Å²) in [5, 5.41) is 10.5. The first-order chi connectivity index (χ1) is 7.18. The maximum Gasteiger partial charge on any atom is 0.269 e. The molecular formula is C10H11NO4. The Morgan fingerprint density at radius 2 is 2.00 bits per heavy atom. The summed E-state index contributed by atoms with van der Waals surface area (Å²) in [5.74, 6) is 0. The molecule has 1 fully saturated rings. The molecule has 0 radical (unpaired) electrons. The molecule has 15 heavy (non-hydrogen) atoms. The molecule has 5 heteroatoms. The minimum atomic E-state index is -0.416. The lowest BCUT2D eigenvalue weighted by Crippen LogP contribution is -2.48. The predicted octanol–water partition coefficient (Wildman–Crippen LogP) is 1.47. The van der Waals surface area contributed by atoms with Crippen molar-refractivity contribution in [3.8, 4) is 0 Å². The summed E-state index contributed by atoms with van der Waals surface area (Å²) in [6.07, 6.45) is 0. The van der Waals surface area contributed by atoms with E-state index in [0.29, 0.717) is 13.2 Å². The number of methoxy groups -OCH3 is 1. The molecule has 5 nitrogen and oxygen atoms in total. The highest BCUT2D eigenvalue weighted by molar-refractivity contribution is 5.36. The smallest absolute Gasteiger partial charge is 0.269 e. The molecule has 80 valence electrons. The van der Waals surface area contributed by atoms with E-state index in [1.54, 1.807) is 19.2 Å². The fourth-order valence-corrected chi connectivity index (χ4v) is 1.58. The van der Waals surface area contributed by atoms with Crippen LogP contribution in [0.3, 0.4) is 0 Å². The standard InChI is InChI=1S/C10H11NO4/c1-14-10(6-15-7-10)8-2-4-9(5-3-8)11(12)13/h2-5H,6-7H2,1H3. The maximum absolute atomic E-state index is 10.5. The van der Waals surface area contributed by atoms with E-state index in [2.05, 4.69) is 0 Å². The van der Waals surface area contributed by atoms with Crippen LogP contribution in [0.1, 0.15) is 5.56 Å². The number of nitro benzene ring substituents is 1. The third-order valence-corrected chi connectivity index (χ3v) is 2.67. The predicted molar refractivity (Wildman–Crippen MR) is 52.6 cm³/mol. The molecule has 0 unspecified atom stereocenters. The Morgan fingerprint density at radius 3 is 2.33 bits per heavy atom. The molecule has 0 N–H and O–H groups in total. The van der Waals surface area contributed by atoms with Gasteiger partial charge in [0.2, 0.25) is 0 Å². The normalized spacial score (nSPS) is 18.2. The molecule has 1 aliphatic heterocycles. The van der Waals surface area contributed by atoms with E-state index in [0.717, 1.165) is 5.56 Å². The van der Waals surface area contributed by atoms with Crippen molar-refractivity contribution in [1.29, 1.82) is 0 Å². The minimum Gasteiger partial charge on any atom is -0.375 e. The molecule has 1 aliphatic rings. The van der Waals surface area contributed by atoms with Crippen molar-refractivity contribution in [3.63, 3.8) is 0 Å². The molecule has 1 aromatic carbocycles. The van der Waals surface area contributed by atoms with Gasteiger partial charge in [-0.3, -0.25) is 10.1 Å². The van der Waals surface area contributed by atoms with Gasteiger partial charge < -0.3 is 9.47 Å². The number of non-ortho nitro benzene ring substituents is 1. The van der Waals surface area contributed by atoms with Gasteiger partial charge in [-0.25, -0.2) is 0 Å². The summed E-state index contributed by atoms with van der Waals surface area (Å²) < 4.78 is 10.5. The molecule has 0 aliphatic carbocycles. The van der Waals surface area contributed by atoms with E-state index < -0.39 is 10.5 Å². The zero-order valence-corrected chi connectivity index (χ0v) is 8.30. The number of nitrogens with zero attached hydrogens (tertiary/aromatic N) is 1. The van der Waals surface area contributed by atoms with Gasteiger partial charge in [0, 0.05) is 19.2 Å². The second-order valence-corrected chi connectivity index (χ2v) is 3.50. The summed E-state index contributed by atoms with van der Waals surface area (Å²) in [6.45, 7) is 1.00. The SMILES string of the molecule is COC1(c2ccc([N+](=O)[O-])cc2)COC1. The Bertz CT molecular complexity index is 364. The van der Waals surface area contributed by atoms with E-state index in [9.17, 15) is 10.1 Å². The quantitative estimate of drug-likeness (QED) is 0.558. The molecule has 0 bridgehead atoms. The lowest BCUT2D eigenvalue weighted by molar-refractivity contribution is -0.384. The molecule has 0 aromatic heterocycles. The number of benzene rings is 1. The highest BCUT2D eigenvalue weighted by atomic mass is 16.6. The number of ether oxygens (including phenoxy) is 2. The summed E-state index contributed by atoms with van der Waals surface area (Å²) in [6, 6.07) is 6.39. The molecule has 2 rings (SSSR count). The van der Waals surface area contributed by atoms with Gasteiger partial charge in [-0.1, -0.05) is 0 Å². The Hall–Kier alpha value is -1.46. The second-order valence-electron chi connectivity index (χ2n) is 3.50. The number of rotatable bonds is 3. The van der Waals surface area contributed by atoms with Gasteiger partial charge in [-0.05, 0) is 17.7 Å². The molecule has 0 saturated carbocycles. The molecule has 0 atom stereocenters. The molecule has 0 amide bonds. The molecule has 1 aromatic rings. The average molecular weight is 209 g/mol. The van der Waals surface area contributed by atoms with E-state index in [4.69, 9.17) is 9.47 Å². The zero-order valence-electron chi connectivity index (χ0n) is 8.30. The van der Waals surface area contributed by atoms with Crippen molar-refractivity contribution in [2.45, 2.75) is 5.60 Å². The molecular weight excluding hydrogens is 198 g/mol. The van der Waals surface area contributed by atoms with Crippen molar-refractivity contribution in [1.82, 2.24) is 0 Å². The summed E-state index contributed by atoms with van der Waals surface area (Å²) in [7, 11) is 1.62. The summed E-state index contributed by atoms with van der Waals surface area (Å²) >= 11 is 0. The van der Waals surface area contributed by atoms with Gasteiger partial charge in [0.15, 0.2) is 0 Å². The van der Waals surface area contributed by atoms with Crippen LogP contribution in [0.15, 0.2) is 24.3 Å². The largest absolute Gasteiger partial charge is 0.375 e. The first-order valence-corrected chi connectivity index (χ1v) is 4.56. The van der Waals surface area contributed by atoms with Crippen molar-refractivity contribution in [2.75, 3.05) is 20.3 Å². The third kappa shape index (κ3) is 1.60. The van der Waals surface area contributed by atoms with Crippen molar-refractivity contribution >= 4 is 5.69 Å². The number of hydrogen-bond acceptors (Lipinski definition) is 4. The second kappa shape index (κ2) is 3.60. The van der Waals surface area contributed by atoms with Gasteiger partial charge in [0.1, 0.15) is 5.60 Å². The molecule has 1 saturated heterocycles.